The van der Waals surface area contributed by atoms with Crippen LogP contribution in [-0.2, 0) is 22.4 Å². The van der Waals surface area contributed by atoms with Crippen LogP contribution < -0.4 is 4.90 Å². The third-order valence-corrected chi connectivity index (χ3v) is 7.16. The molecule has 1 aliphatic heterocycles. The molecule has 1 amide bonds. The van der Waals surface area contributed by atoms with Crippen molar-refractivity contribution in [1.82, 2.24) is 9.88 Å². The second-order valence-corrected chi connectivity index (χ2v) is 9.30. The van der Waals surface area contributed by atoms with Crippen LogP contribution in [0.2, 0.25) is 0 Å². The highest BCUT2D eigenvalue weighted by molar-refractivity contribution is 7.22. The molecule has 7 heteroatoms. The summed E-state index contributed by atoms with van der Waals surface area (Å²) >= 11 is 3.26. The molecule has 3 heterocycles. The molecule has 154 valence electrons. The van der Waals surface area contributed by atoms with Gasteiger partial charge >= 0.3 is 0 Å². The van der Waals surface area contributed by atoms with E-state index in [1.807, 2.05) is 22.4 Å². The summed E-state index contributed by atoms with van der Waals surface area (Å²) in [6, 6.07) is 10.4. The molecule has 0 N–H and O–H groups in total. The minimum absolute atomic E-state index is 0.129. The summed E-state index contributed by atoms with van der Waals surface area (Å²) in [5.41, 5.74) is 2.28. The van der Waals surface area contributed by atoms with Crippen molar-refractivity contribution in [2.24, 2.45) is 0 Å². The van der Waals surface area contributed by atoms with Gasteiger partial charge in [-0.1, -0.05) is 30.4 Å². The first-order valence-electron chi connectivity index (χ1n) is 10.3. The highest BCUT2D eigenvalue weighted by Gasteiger charge is 2.21. The van der Waals surface area contributed by atoms with Gasteiger partial charge in [-0.15, -0.1) is 11.3 Å². The van der Waals surface area contributed by atoms with E-state index in [9.17, 15) is 4.79 Å². The van der Waals surface area contributed by atoms with E-state index in [2.05, 4.69) is 30.0 Å². The number of morpholine rings is 1. The number of anilines is 1. The maximum Gasteiger partial charge on any atom is 0.234 e. The second-order valence-electron chi connectivity index (χ2n) is 7.26. The molecule has 0 unspecified atom stereocenters. The van der Waals surface area contributed by atoms with Crippen LogP contribution in [-0.4, -0.2) is 55.2 Å². The Labute approximate surface area is 179 Å². The third-order valence-electron chi connectivity index (χ3n) is 5.25. The van der Waals surface area contributed by atoms with E-state index >= 15 is 0 Å². The van der Waals surface area contributed by atoms with Crippen molar-refractivity contribution in [1.29, 1.82) is 0 Å². The van der Waals surface area contributed by atoms with E-state index in [1.54, 1.807) is 22.7 Å². The summed E-state index contributed by atoms with van der Waals surface area (Å²) in [7, 11) is 0. The summed E-state index contributed by atoms with van der Waals surface area (Å²) < 4.78 is 6.59. The Morgan fingerprint density at radius 1 is 1.28 bits per heavy atom. The average molecular weight is 430 g/mol. The van der Waals surface area contributed by atoms with Crippen LogP contribution in [0.25, 0.3) is 10.2 Å². The van der Waals surface area contributed by atoms with Crippen LogP contribution in [0.5, 0.6) is 0 Å². The van der Waals surface area contributed by atoms with Crippen LogP contribution in [0.1, 0.15) is 23.8 Å². The predicted octanol–water partition coefficient (Wildman–Crippen LogP) is 4.22. The lowest BCUT2D eigenvalue weighted by atomic mass is 10.2. The van der Waals surface area contributed by atoms with Crippen LogP contribution in [0.15, 0.2) is 35.7 Å². The maximum absolute atomic E-state index is 13.2. The van der Waals surface area contributed by atoms with Crippen molar-refractivity contribution in [3.05, 3.63) is 46.2 Å². The van der Waals surface area contributed by atoms with Gasteiger partial charge in [0.15, 0.2) is 5.13 Å². The number of nitrogens with zero attached hydrogens (tertiary/aromatic N) is 3. The molecule has 0 aliphatic carbocycles. The lowest BCUT2D eigenvalue weighted by molar-refractivity contribution is -0.118. The average Bonchev–Trinajstić information content (AvgIpc) is 3.40. The first-order valence-corrected chi connectivity index (χ1v) is 11.9. The van der Waals surface area contributed by atoms with Gasteiger partial charge in [0.05, 0.1) is 29.9 Å². The fourth-order valence-corrected chi connectivity index (χ4v) is 5.32. The molecule has 2 aromatic heterocycles. The molecule has 1 aliphatic rings. The van der Waals surface area contributed by atoms with Gasteiger partial charge in [-0.05, 0) is 42.0 Å². The zero-order valence-electron chi connectivity index (χ0n) is 16.8. The summed E-state index contributed by atoms with van der Waals surface area (Å²) in [5.74, 6) is 0.129. The highest BCUT2D eigenvalue weighted by atomic mass is 32.1. The molecule has 1 fully saturated rings. The van der Waals surface area contributed by atoms with Crippen molar-refractivity contribution in [2.75, 3.05) is 44.3 Å². The fourth-order valence-electron chi connectivity index (χ4n) is 3.55. The Kier molecular flexibility index (Phi) is 6.92. The van der Waals surface area contributed by atoms with Crippen molar-refractivity contribution >= 4 is 43.9 Å². The van der Waals surface area contributed by atoms with E-state index in [4.69, 9.17) is 9.72 Å². The van der Waals surface area contributed by atoms with Gasteiger partial charge in [0.1, 0.15) is 0 Å². The van der Waals surface area contributed by atoms with Gasteiger partial charge in [-0.2, -0.15) is 0 Å². The number of amides is 1. The molecular weight excluding hydrogens is 402 g/mol. The van der Waals surface area contributed by atoms with Crippen LogP contribution in [0.4, 0.5) is 5.13 Å². The van der Waals surface area contributed by atoms with E-state index in [0.29, 0.717) is 13.0 Å². The van der Waals surface area contributed by atoms with Gasteiger partial charge in [0.2, 0.25) is 5.91 Å². The van der Waals surface area contributed by atoms with Crippen molar-refractivity contribution in [2.45, 2.75) is 26.2 Å². The van der Waals surface area contributed by atoms with Crippen LogP contribution >= 0.6 is 22.7 Å². The van der Waals surface area contributed by atoms with Crippen LogP contribution in [0, 0.1) is 0 Å². The Bertz CT molecular complexity index is 933. The zero-order valence-corrected chi connectivity index (χ0v) is 18.4. The monoisotopic (exact) mass is 429 g/mol. The largest absolute Gasteiger partial charge is 0.379 e. The van der Waals surface area contributed by atoms with E-state index < -0.39 is 0 Å². The minimum atomic E-state index is 0.129. The third kappa shape index (κ3) is 5.22. The molecule has 0 atom stereocenters. The van der Waals surface area contributed by atoms with Gasteiger partial charge in [-0.3, -0.25) is 14.6 Å². The molecule has 0 saturated carbocycles. The number of hydrogen-bond acceptors (Lipinski definition) is 6. The normalized spacial score (nSPS) is 15.1. The van der Waals surface area contributed by atoms with E-state index in [0.717, 1.165) is 65.9 Å². The van der Waals surface area contributed by atoms with E-state index in [1.165, 1.54) is 5.56 Å². The summed E-state index contributed by atoms with van der Waals surface area (Å²) in [6.45, 7) is 7.40. The SMILES string of the molecule is CCc1ccc2nc(N(CCCN3CCOCC3)C(=O)Cc3cccs3)sc2c1. The number of ether oxygens (including phenoxy) is 1. The minimum Gasteiger partial charge on any atom is -0.379 e. The molecule has 0 bridgehead atoms. The number of aryl methyl sites for hydroxylation is 1. The van der Waals surface area contributed by atoms with E-state index in [-0.39, 0.29) is 5.91 Å². The molecule has 0 radical (unpaired) electrons. The quantitative estimate of drug-likeness (QED) is 0.538. The molecule has 0 spiro atoms. The Morgan fingerprint density at radius 3 is 2.90 bits per heavy atom. The number of carbonyl (C=O) groups excluding carboxylic acids is 1. The lowest BCUT2D eigenvalue weighted by Gasteiger charge is -2.27. The van der Waals surface area contributed by atoms with Crippen molar-refractivity contribution < 1.29 is 9.53 Å². The fraction of sp³-hybridized carbons (Fsp3) is 0.455. The predicted molar refractivity (Wildman–Crippen MR) is 121 cm³/mol. The molecular formula is C22H27N3O2S2. The molecule has 5 nitrogen and oxygen atoms in total. The number of aromatic nitrogens is 1. The number of hydrogen-bond donors (Lipinski definition) is 0. The first-order chi connectivity index (χ1) is 14.2. The molecule has 1 saturated heterocycles. The molecule has 4 rings (SSSR count). The number of benzene rings is 1. The Balaban J connectivity index is 1.50. The smallest absolute Gasteiger partial charge is 0.234 e. The number of thiophene rings is 1. The Hall–Kier alpha value is -1.80. The first kappa shape index (κ1) is 20.5. The summed E-state index contributed by atoms with van der Waals surface area (Å²) in [5, 5.41) is 2.84. The van der Waals surface area contributed by atoms with Gasteiger partial charge in [-0.25, -0.2) is 4.98 Å². The number of thiazole rings is 1. The molecule has 1 aromatic carbocycles. The van der Waals surface area contributed by atoms with Gasteiger partial charge < -0.3 is 4.74 Å². The number of fused-ring (bicyclic) bond motifs is 1. The topological polar surface area (TPSA) is 45.7 Å². The molecule has 3 aromatic rings. The lowest BCUT2D eigenvalue weighted by Crippen LogP contribution is -2.39. The summed E-state index contributed by atoms with van der Waals surface area (Å²) in [6.07, 6.45) is 2.38. The standard InChI is InChI=1S/C22H27N3O2S2/c1-2-17-6-7-19-20(15-17)29-22(23-19)25(21(26)16-18-5-3-14-28-18)9-4-8-24-10-12-27-13-11-24/h3,5-7,14-15H,2,4,8-13,16H2,1H3. The second kappa shape index (κ2) is 9.80. The Morgan fingerprint density at radius 2 is 2.14 bits per heavy atom. The van der Waals surface area contributed by atoms with Gasteiger partial charge in [0, 0.05) is 31.1 Å². The highest BCUT2D eigenvalue weighted by Crippen LogP contribution is 2.30. The number of carbonyl (C=O) groups is 1. The summed E-state index contributed by atoms with van der Waals surface area (Å²) in [4.78, 5) is 23.4. The zero-order chi connectivity index (χ0) is 20.1. The molecule has 29 heavy (non-hydrogen) atoms. The van der Waals surface area contributed by atoms with Gasteiger partial charge in [0.25, 0.3) is 0 Å². The van der Waals surface area contributed by atoms with Crippen molar-refractivity contribution in [3.63, 3.8) is 0 Å². The van der Waals surface area contributed by atoms with Crippen molar-refractivity contribution in [3.8, 4) is 0 Å². The number of rotatable bonds is 8. The van der Waals surface area contributed by atoms with Crippen LogP contribution in [0.3, 0.4) is 0 Å². The maximum atomic E-state index is 13.2.